The van der Waals surface area contributed by atoms with E-state index in [2.05, 4.69) is 31.1 Å². The Kier molecular flexibility index (Phi) is 3.42. The van der Waals surface area contributed by atoms with Gasteiger partial charge < -0.3 is 5.32 Å². The van der Waals surface area contributed by atoms with Gasteiger partial charge in [-0.15, -0.1) is 11.3 Å². The molecule has 2 nitrogen and oxygen atoms in total. The van der Waals surface area contributed by atoms with E-state index >= 15 is 0 Å². The largest absolute Gasteiger partial charge is 0.309 e. The summed E-state index contributed by atoms with van der Waals surface area (Å²) in [6.45, 7) is 7.72. The van der Waals surface area contributed by atoms with Crippen LogP contribution < -0.4 is 5.32 Å². The van der Waals surface area contributed by atoms with Gasteiger partial charge >= 0.3 is 0 Å². The molecular weight excluding hydrogens is 204 g/mol. The van der Waals surface area contributed by atoms with Gasteiger partial charge in [-0.05, 0) is 31.6 Å². The molecule has 1 aliphatic rings. The molecule has 1 unspecified atom stereocenters. The van der Waals surface area contributed by atoms with Crippen LogP contribution in [0.15, 0.2) is 5.51 Å². The Balaban J connectivity index is 1.88. The molecule has 1 aliphatic carbocycles. The molecule has 0 amide bonds. The molecule has 1 aromatic heterocycles. The Hall–Kier alpha value is -0.410. The minimum absolute atomic E-state index is 0.700. The van der Waals surface area contributed by atoms with Crippen molar-refractivity contribution in [3.63, 3.8) is 0 Å². The number of hydrogen-bond donors (Lipinski definition) is 1. The molecule has 0 radical (unpaired) electrons. The highest BCUT2D eigenvalue weighted by Crippen LogP contribution is 2.35. The van der Waals surface area contributed by atoms with Crippen LogP contribution in [0.1, 0.15) is 37.3 Å². The van der Waals surface area contributed by atoms with E-state index in [0.29, 0.717) is 6.04 Å². The van der Waals surface area contributed by atoms with Crippen molar-refractivity contribution >= 4 is 11.3 Å². The molecule has 0 saturated heterocycles. The van der Waals surface area contributed by atoms with Gasteiger partial charge in [0.2, 0.25) is 0 Å². The number of aryl methyl sites for hydroxylation is 1. The van der Waals surface area contributed by atoms with E-state index in [9.17, 15) is 0 Å². The van der Waals surface area contributed by atoms with Crippen molar-refractivity contribution in [2.45, 2.75) is 46.2 Å². The predicted molar refractivity (Wildman–Crippen MR) is 65.0 cm³/mol. The van der Waals surface area contributed by atoms with Crippen LogP contribution in [0.2, 0.25) is 0 Å². The molecule has 0 spiro atoms. The molecule has 2 rings (SSSR count). The second-order valence-electron chi connectivity index (χ2n) is 4.85. The standard InChI is InChI=1S/C12H20N2S/c1-8(2)12(10-4-5-10)13-6-11-9(3)14-7-15-11/h7-8,10,12-13H,4-6H2,1-3H3. The third kappa shape index (κ3) is 2.79. The van der Waals surface area contributed by atoms with Gasteiger partial charge in [0, 0.05) is 17.5 Å². The zero-order valence-corrected chi connectivity index (χ0v) is 10.6. The van der Waals surface area contributed by atoms with E-state index in [1.807, 2.05) is 5.51 Å². The van der Waals surface area contributed by atoms with E-state index in [4.69, 9.17) is 0 Å². The molecule has 3 heteroatoms. The van der Waals surface area contributed by atoms with Crippen LogP contribution in [-0.2, 0) is 6.54 Å². The summed E-state index contributed by atoms with van der Waals surface area (Å²) in [5, 5.41) is 3.69. The molecule has 15 heavy (non-hydrogen) atoms. The minimum atomic E-state index is 0.700. The summed E-state index contributed by atoms with van der Waals surface area (Å²) in [5.74, 6) is 1.67. The SMILES string of the molecule is Cc1ncsc1CNC(C(C)C)C1CC1. The van der Waals surface area contributed by atoms with Crippen molar-refractivity contribution in [1.82, 2.24) is 10.3 Å². The van der Waals surface area contributed by atoms with E-state index < -0.39 is 0 Å². The van der Waals surface area contributed by atoms with Gasteiger partial charge in [-0.2, -0.15) is 0 Å². The fraction of sp³-hybridized carbons (Fsp3) is 0.750. The quantitative estimate of drug-likeness (QED) is 0.831. The smallest absolute Gasteiger partial charge is 0.0798 e. The Bertz CT molecular complexity index is 313. The molecule has 1 saturated carbocycles. The molecule has 0 bridgehead atoms. The van der Waals surface area contributed by atoms with E-state index in [-0.39, 0.29) is 0 Å². The van der Waals surface area contributed by atoms with Crippen LogP contribution in [0.5, 0.6) is 0 Å². The number of nitrogens with zero attached hydrogens (tertiary/aromatic N) is 1. The highest BCUT2D eigenvalue weighted by atomic mass is 32.1. The monoisotopic (exact) mass is 224 g/mol. The Morgan fingerprint density at radius 1 is 1.53 bits per heavy atom. The summed E-state index contributed by atoms with van der Waals surface area (Å²) < 4.78 is 0. The molecule has 0 aromatic carbocycles. The zero-order valence-electron chi connectivity index (χ0n) is 9.79. The second kappa shape index (κ2) is 4.62. The Labute approximate surface area is 96.1 Å². The van der Waals surface area contributed by atoms with Gasteiger partial charge in [-0.25, -0.2) is 4.98 Å². The van der Waals surface area contributed by atoms with Crippen LogP contribution >= 0.6 is 11.3 Å². The first-order chi connectivity index (χ1) is 7.18. The summed E-state index contributed by atoms with van der Waals surface area (Å²) in [7, 11) is 0. The van der Waals surface area contributed by atoms with Crippen LogP contribution in [0.25, 0.3) is 0 Å². The topological polar surface area (TPSA) is 24.9 Å². The predicted octanol–water partition coefficient (Wildman–Crippen LogP) is 2.98. The van der Waals surface area contributed by atoms with E-state index in [0.717, 1.165) is 18.4 Å². The lowest BCUT2D eigenvalue weighted by molar-refractivity contribution is 0.360. The number of rotatable bonds is 5. The molecule has 1 aromatic rings. The molecule has 1 fully saturated rings. The lowest BCUT2D eigenvalue weighted by Gasteiger charge is -2.21. The third-order valence-electron chi connectivity index (χ3n) is 3.19. The normalized spacial score (nSPS) is 18.4. The van der Waals surface area contributed by atoms with Crippen molar-refractivity contribution in [2.75, 3.05) is 0 Å². The van der Waals surface area contributed by atoms with Crippen LogP contribution in [-0.4, -0.2) is 11.0 Å². The molecule has 0 aliphatic heterocycles. The van der Waals surface area contributed by atoms with Crippen molar-refractivity contribution in [2.24, 2.45) is 11.8 Å². The van der Waals surface area contributed by atoms with Crippen molar-refractivity contribution < 1.29 is 0 Å². The highest BCUT2D eigenvalue weighted by molar-refractivity contribution is 7.09. The summed E-state index contributed by atoms with van der Waals surface area (Å²) in [6, 6.07) is 0.700. The number of thiazole rings is 1. The van der Waals surface area contributed by atoms with Crippen LogP contribution in [0.3, 0.4) is 0 Å². The molecule has 1 N–H and O–H groups in total. The summed E-state index contributed by atoms with van der Waals surface area (Å²) in [6.07, 6.45) is 2.83. The maximum Gasteiger partial charge on any atom is 0.0798 e. The van der Waals surface area contributed by atoms with Crippen LogP contribution in [0, 0.1) is 18.8 Å². The second-order valence-corrected chi connectivity index (χ2v) is 5.79. The van der Waals surface area contributed by atoms with Crippen molar-refractivity contribution in [1.29, 1.82) is 0 Å². The van der Waals surface area contributed by atoms with Gasteiger partial charge in [-0.1, -0.05) is 13.8 Å². The van der Waals surface area contributed by atoms with Crippen LogP contribution in [0.4, 0.5) is 0 Å². The van der Waals surface area contributed by atoms with E-state index in [1.54, 1.807) is 11.3 Å². The first-order valence-electron chi connectivity index (χ1n) is 5.81. The molecule has 84 valence electrons. The zero-order chi connectivity index (χ0) is 10.8. The fourth-order valence-electron chi connectivity index (χ4n) is 2.11. The van der Waals surface area contributed by atoms with Crippen molar-refractivity contribution in [3.8, 4) is 0 Å². The van der Waals surface area contributed by atoms with Gasteiger partial charge in [0.15, 0.2) is 0 Å². The fourth-order valence-corrected chi connectivity index (χ4v) is 2.84. The highest BCUT2D eigenvalue weighted by Gasteiger charge is 2.32. The van der Waals surface area contributed by atoms with Gasteiger partial charge in [0.1, 0.15) is 0 Å². The third-order valence-corrected chi connectivity index (χ3v) is 4.13. The molecule has 1 atom stereocenters. The minimum Gasteiger partial charge on any atom is -0.309 e. The maximum atomic E-state index is 4.28. The maximum absolute atomic E-state index is 4.28. The van der Waals surface area contributed by atoms with Gasteiger partial charge in [0.05, 0.1) is 11.2 Å². The van der Waals surface area contributed by atoms with Gasteiger partial charge in [-0.3, -0.25) is 0 Å². The average Bonchev–Trinajstić information content (AvgIpc) is 2.92. The summed E-state index contributed by atoms with van der Waals surface area (Å²) in [5.41, 5.74) is 3.12. The molecular formula is C12H20N2S. The number of hydrogen-bond acceptors (Lipinski definition) is 3. The Morgan fingerprint density at radius 2 is 2.27 bits per heavy atom. The number of nitrogens with one attached hydrogen (secondary N) is 1. The first-order valence-corrected chi connectivity index (χ1v) is 6.68. The van der Waals surface area contributed by atoms with E-state index in [1.165, 1.54) is 23.4 Å². The molecule has 1 heterocycles. The first kappa shape index (κ1) is 11.1. The van der Waals surface area contributed by atoms with Crippen molar-refractivity contribution in [3.05, 3.63) is 16.1 Å². The lowest BCUT2D eigenvalue weighted by Crippen LogP contribution is -2.35. The summed E-state index contributed by atoms with van der Waals surface area (Å²) >= 11 is 1.76. The lowest BCUT2D eigenvalue weighted by atomic mass is 9.99. The van der Waals surface area contributed by atoms with Gasteiger partial charge in [0.25, 0.3) is 0 Å². The summed E-state index contributed by atoms with van der Waals surface area (Å²) in [4.78, 5) is 5.67. The Morgan fingerprint density at radius 3 is 2.73 bits per heavy atom. The number of aromatic nitrogens is 1. The average molecular weight is 224 g/mol.